The van der Waals surface area contributed by atoms with Gasteiger partial charge >= 0.3 is 0 Å². The summed E-state index contributed by atoms with van der Waals surface area (Å²) in [6.07, 6.45) is 0.926. The molecule has 1 atom stereocenters. The van der Waals surface area contributed by atoms with E-state index in [9.17, 15) is 4.79 Å². The van der Waals surface area contributed by atoms with E-state index in [1.165, 1.54) is 5.56 Å². The van der Waals surface area contributed by atoms with E-state index >= 15 is 0 Å². The molecule has 20 heavy (non-hydrogen) atoms. The molecule has 0 aliphatic heterocycles. The highest BCUT2D eigenvalue weighted by molar-refractivity contribution is 7.07. The van der Waals surface area contributed by atoms with Gasteiger partial charge in [-0.25, -0.2) is 0 Å². The largest absolute Gasteiger partial charge is 0.340 e. The topological polar surface area (TPSA) is 49.6 Å². The minimum atomic E-state index is 0.150. The van der Waals surface area contributed by atoms with Crippen molar-refractivity contribution >= 4 is 17.2 Å². The van der Waals surface area contributed by atoms with E-state index in [0.717, 1.165) is 13.0 Å². The van der Waals surface area contributed by atoms with E-state index in [1.807, 2.05) is 19.5 Å². The van der Waals surface area contributed by atoms with Gasteiger partial charge in [-0.05, 0) is 48.3 Å². The molecular weight excluding hydrogens is 270 g/mol. The third-order valence-electron chi connectivity index (χ3n) is 3.53. The molecule has 1 amide bonds. The molecule has 0 saturated heterocycles. The summed E-state index contributed by atoms with van der Waals surface area (Å²) in [6, 6.07) is 2.26. The molecular formula is C15H27N3OS. The molecule has 1 rings (SSSR count). The van der Waals surface area contributed by atoms with Gasteiger partial charge in [-0.1, -0.05) is 13.8 Å². The first-order valence-corrected chi connectivity index (χ1v) is 8.03. The molecule has 0 aliphatic carbocycles. The van der Waals surface area contributed by atoms with Crippen LogP contribution in [0.1, 0.15) is 25.8 Å². The predicted octanol–water partition coefficient (Wildman–Crippen LogP) is 2.01. The molecule has 1 aromatic heterocycles. The number of carbonyl (C=O) groups is 1. The van der Waals surface area contributed by atoms with Gasteiger partial charge in [0.2, 0.25) is 5.91 Å². The van der Waals surface area contributed by atoms with Crippen LogP contribution in [0.3, 0.4) is 0 Å². The van der Waals surface area contributed by atoms with Crippen LogP contribution in [0.4, 0.5) is 0 Å². The van der Waals surface area contributed by atoms with Crippen molar-refractivity contribution < 1.29 is 4.79 Å². The van der Waals surface area contributed by atoms with Gasteiger partial charge in [-0.3, -0.25) is 9.69 Å². The molecule has 114 valence electrons. The van der Waals surface area contributed by atoms with Crippen molar-refractivity contribution in [2.24, 2.45) is 11.7 Å². The van der Waals surface area contributed by atoms with Gasteiger partial charge in [0.25, 0.3) is 0 Å². The first kappa shape index (κ1) is 17.1. The Morgan fingerprint density at radius 2 is 2.10 bits per heavy atom. The second kappa shape index (κ2) is 8.39. The van der Waals surface area contributed by atoms with Crippen molar-refractivity contribution in [3.63, 3.8) is 0 Å². The fourth-order valence-electron chi connectivity index (χ4n) is 1.88. The molecule has 0 radical (unpaired) electrons. The Hall–Kier alpha value is -0.910. The van der Waals surface area contributed by atoms with Crippen LogP contribution in [0.5, 0.6) is 0 Å². The number of carbonyl (C=O) groups excluding carboxylic acids is 1. The molecule has 2 N–H and O–H groups in total. The maximum absolute atomic E-state index is 12.1. The maximum Gasteiger partial charge on any atom is 0.236 e. The van der Waals surface area contributed by atoms with Crippen molar-refractivity contribution in [1.29, 1.82) is 0 Å². The van der Waals surface area contributed by atoms with Gasteiger partial charge in [0.1, 0.15) is 0 Å². The van der Waals surface area contributed by atoms with E-state index in [1.54, 1.807) is 16.2 Å². The summed E-state index contributed by atoms with van der Waals surface area (Å²) >= 11 is 1.66. The highest BCUT2D eigenvalue weighted by Crippen LogP contribution is 2.09. The highest BCUT2D eigenvalue weighted by atomic mass is 32.1. The van der Waals surface area contributed by atoms with Crippen LogP contribution >= 0.6 is 11.3 Å². The van der Waals surface area contributed by atoms with Crippen LogP contribution in [0.15, 0.2) is 16.8 Å². The van der Waals surface area contributed by atoms with Crippen LogP contribution in [0.25, 0.3) is 0 Å². The van der Waals surface area contributed by atoms with Gasteiger partial charge in [0.15, 0.2) is 0 Å². The molecule has 0 fully saturated rings. The summed E-state index contributed by atoms with van der Waals surface area (Å²) < 4.78 is 0. The van der Waals surface area contributed by atoms with Crippen LogP contribution in [0.2, 0.25) is 0 Å². The molecule has 4 nitrogen and oxygen atoms in total. The Bertz CT molecular complexity index is 392. The zero-order chi connectivity index (χ0) is 15.1. The first-order valence-electron chi connectivity index (χ1n) is 7.09. The number of hydrogen-bond acceptors (Lipinski definition) is 4. The molecule has 0 aromatic carbocycles. The van der Waals surface area contributed by atoms with Crippen LogP contribution in [0, 0.1) is 5.92 Å². The monoisotopic (exact) mass is 297 g/mol. The quantitative estimate of drug-likeness (QED) is 0.798. The van der Waals surface area contributed by atoms with E-state index in [-0.39, 0.29) is 11.9 Å². The number of rotatable bonds is 8. The normalized spacial score (nSPS) is 12.9. The number of nitrogens with zero attached hydrogens (tertiary/aromatic N) is 2. The van der Waals surface area contributed by atoms with E-state index in [2.05, 4.69) is 30.2 Å². The smallest absolute Gasteiger partial charge is 0.236 e. The molecule has 0 saturated carbocycles. The van der Waals surface area contributed by atoms with Gasteiger partial charge in [0, 0.05) is 19.6 Å². The fourth-order valence-corrected chi connectivity index (χ4v) is 2.54. The molecule has 1 unspecified atom stereocenters. The number of thiophene rings is 1. The fraction of sp³-hybridized carbons (Fsp3) is 0.667. The summed E-state index contributed by atoms with van der Waals surface area (Å²) in [7, 11) is 3.83. The van der Waals surface area contributed by atoms with Gasteiger partial charge in [-0.15, -0.1) is 0 Å². The molecule has 1 aromatic rings. The van der Waals surface area contributed by atoms with Gasteiger partial charge < -0.3 is 10.6 Å². The van der Waals surface area contributed by atoms with Gasteiger partial charge in [0.05, 0.1) is 6.54 Å². The number of hydrogen-bond donors (Lipinski definition) is 1. The second-order valence-corrected chi connectivity index (χ2v) is 6.60. The lowest BCUT2D eigenvalue weighted by molar-refractivity contribution is -0.131. The van der Waals surface area contributed by atoms with Crippen LogP contribution in [-0.4, -0.2) is 48.9 Å². The Balaban J connectivity index is 2.30. The summed E-state index contributed by atoms with van der Waals surface area (Å²) in [5.74, 6) is 0.636. The lowest BCUT2D eigenvalue weighted by Crippen LogP contribution is -2.38. The number of likely N-dealkylation sites (N-methyl/N-ethyl adjacent to an activating group) is 2. The minimum Gasteiger partial charge on any atom is -0.340 e. The average Bonchev–Trinajstić information content (AvgIpc) is 2.88. The summed E-state index contributed by atoms with van der Waals surface area (Å²) in [5, 5.41) is 4.11. The maximum atomic E-state index is 12.1. The number of nitrogens with two attached hydrogens (primary N) is 1. The Morgan fingerprint density at radius 1 is 1.40 bits per heavy atom. The number of amides is 1. The van der Waals surface area contributed by atoms with Crippen molar-refractivity contribution in [2.45, 2.75) is 32.9 Å². The lowest BCUT2D eigenvalue weighted by Gasteiger charge is -2.23. The summed E-state index contributed by atoms with van der Waals surface area (Å²) in [6.45, 7) is 6.25. The SMILES string of the molecule is CC(C)C(N)CCN(C)CC(=O)N(C)Cc1ccsc1. The summed E-state index contributed by atoms with van der Waals surface area (Å²) in [5.41, 5.74) is 7.21. The third kappa shape index (κ3) is 6.03. The van der Waals surface area contributed by atoms with Gasteiger partial charge in [-0.2, -0.15) is 11.3 Å². The second-order valence-electron chi connectivity index (χ2n) is 5.82. The van der Waals surface area contributed by atoms with E-state index in [0.29, 0.717) is 19.0 Å². The van der Waals surface area contributed by atoms with Crippen LogP contribution in [-0.2, 0) is 11.3 Å². The standard InChI is InChI=1S/C15H27N3OS/c1-12(2)14(16)5-7-17(3)10-15(19)18(4)9-13-6-8-20-11-13/h6,8,11-12,14H,5,7,9-10,16H2,1-4H3. The predicted molar refractivity (Wildman–Crippen MR) is 85.7 cm³/mol. The van der Waals surface area contributed by atoms with E-state index in [4.69, 9.17) is 5.73 Å². The Kier molecular flexibility index (Phi) is 7.19. The Morgan fingerprint density at radius 3 is 2.65 bits per heavy atom. The molecule has 1 heterocycles. The molecule has 0 spiro atoms. The van der Waals surface area contributed by atoms with Crippen molar-refractivity contribution in [3.05, 3.63) is 22.4 Å². The highest BCUT2D eigenvalue weighted by Gasteiger charge is 2.14. The lowest BCUT2D eigenvalue weighted by atomic mass is 10.0. The summed E-state index contributed by atoms with van der Waals surface area (Å²) in [4.78, 5) is 15.9. The third-order valence-corrected chi connectivity index (χ3v) is 4.26. The molecule has 5 heteroatoms. The molecule has 0 aliphatic rings. The zero-order valence-corrected chi connectivity index (χ0v) is 13.8. The molecule has 0 bridgehead atoms. The Labute approximate surface area is 126 Å². The van der Waals surface area contributed by atoms with Crippen molar-refractivity contribution in [1.82, 2.24) is 9.80 Å². The van der Waals surface area contributed by atoms with Crippen molar-refractivity contribution in [3.8, 4) is 0 Å². The minimum absolute atomic E-state index is 0.150. The van der Waals surface area contributed by atoms with Crippen LogP contribution < -0.4 is 5.73 Å². The zero-order valence-electron chi connectivity index (χ0n) is 13.0. The van der Waals surface area contributed by atoms with E-state index < -0.39 is 0 Å². The van der Waals surface area contributed by atoms with Crippen molar-refractivity contribution in [2.75, 3.05) is 27.2 Å². The average molecular weight is 297 g/mol. The first-order chi connectivity index (χ1) is 9.40.